The van der Waals surface area contributed by atoms with Crippen LogP contribution in [0.5, 0.6) is 11.5 Å². The van der Waals surface area contributed by atoms with E-state index >= 15 is 0 Å². The van der Waals surface area contributed by atoms with E-state index in [0.717, 1.165) is 11.5 Å². The maximum atomic E-state index is 10.9. The van der Waals surface area contributed by atoms with Gasteiger partial charge in [0, 0.05) is 10.5 Å². The zero-order valence-electron chi connectivity index (χ0n) is 12.0. The van der Waals surface area contributed by atoms with Crippen molar-refractivity contribution in [2.75, 3.05) is 19.5 Å². The molecule has 0 amide bonds. The molecule has 5 nitrogen and oxygen atoms in total. The Hall–Kier alpha value is -1.40. The zero-order valence-corrected chi connectivity index (χ0v) is 12.8. The van der Waals surface area contributed by atoms with E-state index in [1.54, 1.807) is 7.11 Å². The Bertz CT molecular complexity index is 433. The summed E-state index contributed by atoms with van der Waals surface area (Å²) in [4.78, 5) is 10.9. The van der Waals surface area contributed by atoms with Crippen LogP contribution in [0.15, 0.2) is 24.3 Å². The minimum Gasteiger partial charge on any atom is -0.497 e. The number of carboxylic acid groups (broad SMARTS) is 1. The van der Waals surface area contributed by atoms with Gasteiger partial charge in [-0.05, 0) is 38.1 Å². The molecule has 0 fully saturated rings. The van der Waals surface area contributed by atoms with Gasteiger partial charge >= 0.3 is 5.97 Å². The van der Waals surface area contributed by atoms with Crippen LogP contribution in [-0.4, -0.2) is 41.3 Å². The van der Waals surface area contributed by atoms with Crippen molar-refractivity contribution in [3.8, 4) is 11.5 Å². The maximum Gasteiger partial charge on any atom is 0.321 e. The summed E-state index contributed by atoms with van der Waals surface area (Å²) in [6.07, 6.45) is 0. The Morgan fingerprint density at radius 3 is 2.40 bits per heavy atom. The summed E-state index contributed by atoms with van der Waals surface area (Å²) in [7, 11) is 1.61. The highest BCUT2D eigenvalue weighted by molar-refractivity contribution is 8.00. The normalized spacial score (nSPS) is 12.8. The highest BCUT2D eigenvalue weighted by Crippen LogP contribution is 2.27. The van der Waals surface area contributed by atoms with E-state index in [-0.39, 0.29) is 0 Å². The van der Waals surface area contributed by atoms with E-state index in [9.17, 15) is 4.79 Å². The first kappa shape index (κ1) is 16.7. The molecule has 0 radical (unpaired) electrons. The molecule has 0 heterocycles. The number of thioether (sulfide) groups is 1. The molecule has 1 aromatic rings. The molecule has 0 saturated heterocycles. The zero-order chi connectivity index (χ0) is 15.2. The number of benzene rings is 1. The molecule has 0 aliphatic rings. The number of ether oxygens (including phenoxy) is 2. The van der Waals surface area contributed by atoms with Gasteiger partial charge in [0.1, 0.15) is 17.5 Å². The monoisotopic (exact) mass is 299 g/mol. The molecule has 0 aliphatic heterocycles. The molecule has 1 aromatic carbocycles. The first-order chi connectivity index (χ1) is 9.36. The predicted octanol–water partition coefficient (Wildman–Crippen LogP) is 2.00. The fraction of sp³-hybridized carbons (Fsp3) is 0.500. The third-order valence-electron chi connectivity index (χ3n) is 2.90. The van der Waals surface area contributed by atoms with Crippen LogP contribution in [0, 0.1) is 0 Å². The molecule has 0 bridgehead atoms. The summed E-state index contributed by atoms with van der Waals surface area (Å²) in [5.74, 6) is 1.21. The van der Waals surface area contributed by atoms with E-state index in [1.807, 2.05) is 38.1 Å². The lowest BCUT2D eigenvalue weighted by Crippen LogP contribution is -2.47. The Morgan fingerprint density at radius 1 is 1.35 bits per heavy atom. The van der Waals surface area contributed by atoms with E-state index < -0.39 is 16.8 Å². The van der Waals surface area contributed by atoms with Gasteiger partial charge in [0.15, 0.2) is 0 Å². The second-order valence-corrected chi connectivity index (χ2v) is 6.54. The number of hydrogen-bond acceptors (Lipinski definition) is 5. The Labute approximate surface area is 123 Å². The molecule has 20 heavy (non-hydrogen) atoms. The van der Waals surface area contributed by atoms with Gasteiger partial charge in [-0.1, -0.05) is 0 Å². The first-order valence-electron chi connectivity index (χ1n) is 6.26. The van der Waals surface area contributed by atoms with Gasteiger partial charge in [0.2, 0.25) is 0 Å². The smallest absolute Gasteiger partial charge is 0.321 e. The number of carbonyl (C=O) groups is 1. The summed E-state index contributed by atoms with van der Waals surface area (Å²) in [5, 5.41) is 8.92. The summed E-state index contributed by atoms with van der Waals surface area (Å²) in [6, 6.07) is 6.42. The Morgan fingerprint density at radius 2 is 1.90 bits per heavy atom. The van der Waals surface area contributed by atoms with E-state index in [2.05, 4.69) is 0 Å². The van der Waals surface area contributed by atoms with Crippen LogP contribution in [0.3, 0.4) is 0 Å². The number of hydrogen-bond donors (Lipinski definition) is 2. The minimum atomic E-state index is -0.987. The summed E-state index contributed by atoms with van der Waals surface area (Å²) in [6.45, 7) is 4.14. The lowest BCUT2D eigenvalue weighted by molar-refractivity contribution is -0.139. The molecular weight excluding hydrogens is 278 g/mol. The van der Waals surface area contributed by atoms with Crippen LogP contribution >= 0.6 is 11.8 Å². The van der Waals surface area contributed by atoms with Gasteiger partial charge in [0.05, 0.1) is 13.7 Å². The highest BCUT2D eigenvalue weighted by Gasteiger charge is 2.32. The number of nitrogens with two attached hydrogens (primary N) is 1. The predicted molar refractivity (Wildman–Crippen MR) is 80.6 cm³/mol. The van der Waals surface area contributed by atoms with Crippen LogP contribution in [0.1, 0.15) is 13.8 Å². The molecule has 0 aliphatic carbocycles. The van der Waals surface area contributed by atoms with Crippen LogP contribution in [0.4, 0.5) is 0 Å². The van der Waals surface area contributed by atoms with Crippen LogP contribution in [-0.2, 0) is 4.79 Å². The summed E-state index contributed by atoms with van der Waals surface area (Å²) in [5.41, 5.74) is 5.64. The van der Waals surface area contributed by atoms with Crippen molar-refractivity contribution < 1.29 is 19.4 Å². The second-order valence-electron chi connectivity index (χ2n) is 4.79. The fourth-order valence-corrected chi connectivity index (χ4v) is 2.50. The molecular formula is C14H21NO4S. The lowest BCUT2D eigenvalue weighted by atomic mass is 10.1. The Balaban J connectivity index is 2.35. The van der Waals surface area contributed by atoms with Crippen molar-refractivity contribution in [2.45, 2.75) is 24.6 Å². The quantitative estimate of drug-likeness (QED) is 0.715. The number of carboxylic acids is 1. The molecule has 112 valence electrons. The summed E-state index contributed by atoms with van der Waals surface area (Å²) < 4.78 is 10.1. The molecule has 0 unspecified atom stereocenters. The lowest BCUT2D eigenvalue weighted by Gasteiger charge is -2.27. The van der Waals surface area contributed by atoms with Crippen LogP contribution < -0.4 is 15.2 Å². The first-order valence-corrected chi connectivity index (χ1v) is 7.24. The van der Waals surface area contributed by atoms with Crippen molar-refractivity contribution in [3.63, 3.8) is 0 Å². The molecule has 1 rings (SSSR count). The maximum absolute atomic E-state index is 10.9. The van der Waals surface area contributed by atoms with Crippen LogP contribution in [0.25, 0.3) is 0 Å². The largest absolute Gasteiger partial charge is 0.497 e. The van der Waals surface area contributed by atoms with E-state index in [4.69, 9.17) is 20.3 Å². The van der Waals surface area contributed by atoms with Gasteiger partial charge in [-0.15, -0.1) is 11.8 Å². The van der Waals surface area contributed by atoms with Crippen molar-refractivity contribution in [1.82, 2.24) is 0 Å². The van der Waals surface area contributed by atoms with Crippen LogP contribution in [0.2, 0.25) is 0 Å². The van der Waals surface area contributed by atoms with Crippen molar-refractivity contribution in [1.29, 1.82) is 0 Å². The third kappa shape index (κ3) is 4.94. The van der Waals surface area contributed by atoms with Crippen molar-refractivity contribution in [2.24, 2.45) is 5.73 Å². The van der Waals surface area contributed by atoms with Gasteiger partial charge in [-0.2, -0.15) is 0 Å². The van der Waals surface area contributed by atoms with E-state index in [0.29, 0.717) is 12.4 Å². The number of rotatable bonds is 8. The number of aliphatic carboxylic acids is 1. The summed E-state index contributed by atoms with van der Waals surface area (Å²) >= 11 is 1.49. The average molecular weight is 299 g/mol. The van der Waals surface area contributed by atoms with Gasteiger partial charge < -0.3 is 20.3 Å². The molecule has 1 atom stereocenters. The second kappa shape index (κ2) is 7.40. The molecule has 6 heteroatoms. The van der Waals surface area contributed by atoms with Gasteiger partial charge in [0.25, 0.3) is 0 Å². The molecule has 0 saturated carbocycles. The standard InChI is InChI=1S/C14H21NO4S/c1-14(2,12(15)13(16)17)20-9-8-19-11-6-4-10(18-3)5-7-11/h4-7,12H,8-9,15H2,1-3H3,(H,16,17)/t12-/m1/s1. The molecule has 0 spiro atoms. The fourth-order valence-electron chi connectivity index (χ4n) is 1.52. The number of methoxy groups -OCH3 is 1. The third-order valence-corrected chi connectivity index (χ3v) is 4.27. The van der Waals surface area contributed by atoms with E-state index in [1.165, 1.54) is 11.8 Å². The topological polar surface area (TPSA) is 81.8 Å². The SMILES string of the molecule is COc1ccc(OCCSC(C)(C)[C@H](N)C(=O)O)cc1. The molecule has 0 aromatic heterocycles. The Kier molecular flexibility index (Phi) is 6.16. The van der Waals surface area contributed by atoms with Gasteiger partial charge in [-0.25, -0.2) is 0 Å². The molecule has 3 N–H and O–H groups in total. The average Bonchev–Trinajstić information content (AvgIpc) is 2.43. The highest BCUT2D eigenvalue weighted by atomic mass is 32.2. The van der Waals surface area contributed by atoms with Crippen molar-refractivity contribution in [3.05, 3.63) is 24.3 Å². The minimum absolute atomic E-state index is 0.493. The van der Waals surface area contributed by atoms with Crippen molar-refractivity contribution >= 4 is 17.7 Å². The van der Waals surface area contributed by atoms with Gasteiger partial charge in [-0.3, -0.25) is 4.79 Å².